The van der Waals surface area contributed by atoms with Crippen molar-refractivity contribution >= 4 is 32.5 Å². The van der Waals surface area contributed by atoms with E-state index in [1.807, 2.05) is 19.2 Å². The molecule has 1 aromatic heterocycles. The van der Waals surface area contributed by atoms with Gasteiger partial charge in [-0.15, -0.1) is 11.3 Å². The molecule has 0 bridgehead atoms. The third-order valence-electron chi connectivity index (χ3n) is 3.25. The number of nitro benzene ring substituents is 1. The highest BCUT2D eigenvalue weighted by molar-refractivity contribution is 7.90. The second kappa shape index (κ2) is 6.63. The zero-order valence-corrected chi connectivity index (χ0v) is 14.6. The molecular weight excluding hydrogens is 338 g/mol. The van der Waals surface area contributed by atoms with Crippen LogP contribution in [0, 0.1) is 10.1 Å². The molecule has 9 heteroatoms. The summed E-state index contributed by atoms with van der Waals surface area (Å²) in [7, 11) is -3.70. The van der Waals surface area contributed by atoms with Crippen molar-refractivity contribution < 1.29 is 13.3 Å². The Balaban J connectivity index is 2.32. The zero-order chi connectivity index (χ0) is 17.2. The summed E-state index contributed by atoms with van der Waals surface area (Å²) in [6.07, 6.45) is 1.81. The van der Waals surface area contributed by atoms with Crippen LogP contribution in [0.15, 0.2) is 28.5 Å². The number of hydrogen-bond acceptors (Lipinski definition) is 7. The lowest BCUT2D eigenvalue weighted by Crippen LogP contribution is -2.09. The molecule has 0 aliphatic carbocycles. The highest BCUT2D eigenvalue weighted by Gasteiger charge is 2.23. The minimum Gasteiger partial charge on any atom is -0.377 e. The van der Waals surface area contributed by atoms with Crippen molar-refractivity contribution in [2.24, 2.45) is 0 Å². The molecule has 1 heterocycles. The normalized spacial score (nSPS) is 12.8. The first-order chi connectivity index (χ1) is 10.7. The first-order valence-electron chi connectivity index (χ1n) is 6.91. The van der Waals surface area contributed by atoms with Crippen molar-refractivity contribution in [3.8, 4) is 0 Å². The first-order valence-corrected chi connectivity index (χ1v) is 9.68. The van der Waals surface area contributed by atoms with E-state index in [2.05, 4.69) is 10.3 Å². The summed E-state index contributed by atoms with van der Waals surface area (Å²) in [5, 5.41) is 17.1. The van der Waals surface area contributed by atoms with Crippen LogP contribution in [0.1, 0.15) is 30.6 Å². The minimum atomic E-state index is -3.70. The maximum absolute atomic E-state index is 11.8. The van der Waals surface area contributed by atoms with Crippen LogP contribution in [0.3, 0.4) is 0 Å². The lowest BCUT2D eigenvalue weighted by molar-refractivity contribution is -0.387. The van der Waals surface area contributed by atoms with Crippen molar-refractivity contribution in [3.63, 3.8) is 0 Å². The molecule has 2 rings (SSSR count). The van der Waals surface area contributed by atoms with Crippen molar-refractivity contribution in [2.75, 3.05) is 11.6 Å². The largest absolute Gasteiger partial charge is 0.377 e. The zero-order valence-electron chi connectivity index (χ0n) is 12.9. The third-order valence-corrected chi connectivity index (χ3v) is 5.39. The van der Waals surface area contributed by atoms with Gasteiger partial charge < -0.3 is 5.32 Å². The summed E-state index contributed by atoms with van der Waals surface area (Å²) in [4.78, 5) is 14.4. The van der Waals surface area contributed by atoms with Crippen LogP contribution in [0.4, 0.5) is 11.4 Å². The Kier molecular flexibility index (Phi) is 5.00. The maximum Gasteiger partial charge on any atom is 0.288 e. The number of aromatic nitrogens is 1. The molecule has 124 valence electrons. The molecule has 0 saturated heterocycles. The lowest BCUT2D eigenvalue weighted by Gasteiger charge is -2.14. The van der Waals surface area contributed by atoms with Gasteiger partial charge in [0.2, 0.25) is 0 Å². The molecule has 0 aliphatic heterocycles. The molecule has 0 amide bonds. The van der Waals surface area contributed by atoms with Crippen LogP contribution in [0.5, 0.6) is 0 Å². The van der Waals surface area contributed by atoms with Gasteiger partial charge in [0.1, 0.15) is 4.90 Å². The number of anilines is 1. The highest BCUT2D eigenvalue weighted by atomic mass is 32.2. The van der Waals surface area contributed by atoms with E-state index in [9.17, 15) is 18.5 Å². The molecule has 1 N–H and O–H groups in total. The number of thiazole rings is 1. The minimum absolute atomic E-state index is 0.139. The van der Waals surface area contributed by atoms with Gasteiger partial charge in [-0.1, -0.05) is 6.92 Å². The SMILES string of the molecule is CCc1nc(C(C)Nc2ccc([N+](=O)[O-])c(S(C)(=O)=O)c2)cs1. The molecule has 0 radical (unpaired) electrons. The number of hydrogen-bond donors (Lipinski definition) is 1. The van der Waals surface area contributed by atoms with Crippen LogP contribution in [0.25, 0.3) is 0 Å². The third kappa shape index (κ3) is 4.05. The van der Waals surface area contributed by atoms with E-state index < -0.39 is 20.4 Å². The van der Waals surface area contributed by atoms with Gasteiger partial charge in [-0.3, -0.25) is 10.1 Å². The molecule has 2 aromatic rings. The number of nitrogens with one attached hydrogen (secondary N) is 1. The topological polar surface area (TPSA) is 102 Å². The average Bonchev–Trinajstić information content (AvgIpc) is 2.95. The van der Waals surface area contributed by atoms with Crippen molar-refractivity contribution in [1.82, 2.24) is 4.98 Å². The molecule has 0 spiro atoms. The second-order valence-corrected chi connectivity index (χ2v) is 8.02. The van der Waals surface area contributed by atoms with Crippen LogP contribution < -0.4 is 5.32 Å². The van der Waals surface area contributed by atoms with E-state index >= 15 is 0 Å². The van der Waals surface area contributed by atoms with Crippen molar-refractivity contribution in [2.45, 2.75) is 31.2 Å². The van der Waals surface area contributed by atoms with Crippen LogP contribution in [-0.2, 0) is 16.3 Å². The summed E-state index contributed by atoms with van der Waals surface area (Å²) < 4.78 is 23.5. The first kappa shape index (κ1) is 17.4. The Morgan fingerprint density at radius 1 is 1.43 bits per heavy atom. The highest BCUT2D eigenvalue weighted by Crippen LogP contribution is 2.29. The van der Waals surface area contributed by atoms with E-state index in [4.69, 9.17) is 0 Å². The van der Waals surface area contributed by atoms with Gasteiger partial charge >= 0.3 is 0 Å². The van der Waals surface area contributed by atoms with Crippen molar-refractivity contribution in [1.29, 1.82) is 0 Å². The molecule has 0 fully saturated rings. The molecule has 1 unspecified atom stereocenters. The molecule has 1 aromatic carbocycles. The van der Waals surface area contributed by atoms with Gasteiger partial charge in [-0.2, -0.15) is 0 Å². The molecular formula is C14H17N3O4S2. The number of sulfone groups is 1. The van der Waals surface area contributed by atoms with E-state index in [1.165, 1.54) is 18.2 Å². The molecule has 7 nitrogen and oxygen atoms in total. The van der Waals surface area contributed by atoms with Gasteiger partial charge in [0.15, 0.2) is 9.84 Å². The maximum atomic E-state index is 11.8. The predicted octanol–water partition coefficient (Wildman–Crippen LogP) is 3.19. The number of nitro groups is 1. The van der Waals surface area contributed by atoms with Gasteiger partial charge in [0, 0.05) is 23.4 Å². The van der Waals surface area contributed by atoms with Gasteiger partial charge in [-0.05, 0) is 25.5 Å². The summed E-state index contributed by atoms with van der Waals surface area (Å²) in [5.41, 5.74) is 0.924. The fraction of sp³-hybridized carbons (Fsp3) is 0.357. The Bertz CT molecular complexity index is 830. The van der Waals surface area contributed by atoms with Gasteiger partial charge in [0.25, 0.3) is 5.69 Å². The summed E-state index contributed by atoms with van der Waals surface area (Å²) in [6.45, 7) is 3.92. The summed E-state index contributed by atoms with van der Waals surface area (Å²) in [6, 6.07) is 3.85. The molecule has 0 aliphatic rings. The molecule has 23 heavy (non-hydrogen) atoms. The lowest BCUT2D eigenvalue weighted by atomic mass is 10.2. The summed E-state index contributed by atoms with van der Waals surface area (Å²) >= 11 is 1.57. The van der Waals surface area contributed by atoms with Crippen LogP contribution in [-0.4, -0.2) is 24.6 Å². The molecule has 0 saturated carbocycles. The standard InChI is InChI=1S/C14H17N3O4S2/c1-4-14-16-11(8-22-14)9(2)15-10-5-6-12(17(18)19)13(7-10)23(3,20)21/h5-9,15H,4H2,1-3H3. The Morgan fingerprint density at radius 2 is 2.13 bits per heavy atom. The predicted molar refractivity (Wildman–Crippen MR) is 89.7 cm³/mol. The quantitative estimate of drug-likeness (QED) is 0.630. The van der Waals surface area contributed by atoms with Crippen molar-refractivity contribution in [3.05, 3.63) is 44.4 Å². The number of benzene rings is 1. The number of rotatable bonds is 6. The Morgan fingerprint density at radius 3 is 2.65 bits per heavy atom. The summed E-state index contributed by atoms with van der Waals surface area (Å²) in [5.74, 6) is 0. The Labute approximate surface area is 138 Å². The van der Waals surface area contributed by atoms with Gasteiger partial charge in [-0.25, -0.2) is 13.4 Å². The van der Waals surface area contributed by atoms with Gasteiger partial charge in [0.05, 0.1) is 21.7 Å². The fourth-order valence-corrected chi connectivity index (χ4v) is 3.76. The second-order valence-electron chi connectivity index (χ2n) is 5.10. The average molecular weight is 355 g/mol. The van der Waals surface area contributed by atoms with E-state index in [0.717, 1.165) is 23.4 Å². The fourth-order valence-electron chi connectivity index (χ4n) is 2.06. The van der Waals surface area contributed by atoms with E-state index in [-0.39, 0.29) is 10.9 Å². The van der Waals surface area contributed by atoms with Crippen LogP contribution >= 0.6 is 11.3 Å². The monoisotopic (exact) mass is 355 g/mol. The van der Waals surface area contributed by atoms with Crippen LogP contribution in [0.2, 0.25) is 0 Å². The smallest absolute Gasteiger partial charge is 0.288 e. The molecule has 1 atom stereocenters. The number of nitrogens with zero attached hydrogens (tertiary/aromatic N) is 2. The Hall–Kier alpha value is -2.00. The van der Waals surface area contributed by atoms with E-state index in [0.29, 0.717) is 5.69 Å². The van der Waals surface area contributed by atoms with E-state index in [1.54, 1.807) is 11.3 Å². The number of aryl methyl sites for hydroxylation is 1.